The molecule has 6 heteroatoms. The molecule has 0 spiro atoms. The van der Waals surface area contributed by atoms with Gasteiger partial charge in [-0.05, 0) is 28.1 Å². The maximum absolute atomic E-state index is 5.87. The van der Waals surface area contributed by atoms with Crippen molar-refractivity contribution in [2.24, 2.45) is 0 Å². The minimum atomic E-state index is 0.472. The highest BCUT2D eigenvalue weighted by Crippen LogP contribution is 2.27. The van der Waals surface area contributed by atoms with E-state index in [1.807, 2.05) is 60.1 Å². The lowest BCUT2D eigenvalue weighted by atomic mass is 10.3. The van der Waals surface area contributed by atoms with Crippen LogP contribution in [0.15, 0.2) is 47.5 Å². The molecule has 0 unspecified atom stereocenters. The number of hydrogen-bond donors (Lipinski definition) is 0. The first-order valence-electron chi connectivity index (χ1n) is 6.08. The third-order valence-electron chi connectivity index (χ3n) is 2.86. The molecule has 0 saturated carbocycles. The Hall–Kier alpha value is -2.08. The lowest BCUT2D eigenvalue weighted by Crippen LogP contribution is -2.08. The van der Waals surface area contributed by atoms with Crippen molar-refractivity contribution in [3.8, 4) is 11.6 Å². The van der Waals surface area contributed by atoms with E-state index in [0.29, 0.717) is 16.1 Å². The van der Waals surface area contributed by atoms with E-state index in [9.17, 15) is 0 Å². The molecule has 1 aromatic carbocycles. The summed E-state index contributed by atoms with van der Waals surface area (Å²) in [7, 11) is 3.98. The zero-order valence-electron chi connectivity index (χ0n) is 11.1. The molecular weight excluding hydrogens is 320 g/mol. The molecule has 0 N–H and O–H groups in total. The van der Waals surface area contributed by atoms with Crippen LogP contribution in [0.2, 0.25) is 0 Å². The predicted octanol–water partition coefficient (Wildman–Crippen LogP) is 3.35. The number of ether oxygens (including phenoxy) is 1. The van der Waals surface area contributed by atoms with Crippen LogP contribution in [0.3, 0.4) is 0 Å². The second-order valence-corrected chi connectivity index (χ2v) is 5.33. The van der Waals surface area contributed by atoms with Gasteiger partial charge in [0.05, 0.1) is 0 Å². The first kappa shape index (κ1) is 12.9. The van der Waals surface area contributed by atoms with Crippen molar-refractivity contribution in [2.45, 2.75) is 0 Å². The molecule has 0 saturated heterocycles. The van der Waals surface area contributed by atoms with Crippen molar-refractivity contribution in [2.75, 3.05) is 19.0 Å². The highest BCUT2D eigenvalue weighted by Gasteiger charge is 2.09. The molecule has 0 aliphatic rings. The number of benzene rings is 1. The SMILES string of the molecule is CN(C)c1cccc(Oc2nc(Br)cn3ccnc23)c1. The van der Waals surface area contributed by atoms with Crippen LogP contribution in [0, 0.1) is 0 Å². The Bertz CT molecular complexity index is 754. The van der Waals surface area contributed by atoms with Gasteiger partial charge in [0.2, 0.25) is 5.65 Å². The van der Waals surface area contributed by atoms with E-state index < -0.39 is 0 Å². The van der Waals surface area contributed by atoms with Crippen molar-refractivity contribution in [3.63, 3.8) is 0 Å². The summed E-state index contributed by atoms with van der Waals surface area (Å²) < 4.78 is 8.43. The Balaban J connectivity index is 2.00. The molecule has 0 fully saturated rings. The maximum atomic E-state index is 5.87. The quantitative estimate of drug-likeness (QED) is 0.737. The molecule has 0 amide bonds. The summed E-state index contributed by atoms with van der Waals surface area (Å²) in [6.07, 6.45) is 5.41. The minimum absolute atomic E-state index is 0.472. The van der Waals surface area contributed by atoms with E-state index in [-0.39, 0.29) is 0 Å². The van der Waals surface area contributed by atoms with Crippen molar-refractivity contribution < 1.29 is 4.74 Å². The van der Waals surface area contributed by atoms with Gasteiger partial charge in [0.1, 0.15) is 10.4 Å². The van der Waals surface area contributed by atoms with Crippen LogP contribution in [0.4, 0.5) is 5.69 Å². The van der Waals surface area contributed by atoms with Gasteiger partial charge in [-0.1, -0.05) is 6.07 Å². The number of hydrogen-bond acceptors (Lipinski definition) is 4. The Morgan fingerprint density at radius 1 is 1.30 bits per heavy atom. The van der Waals surface area contributed by atoms with Gasteiger partial charge in [-0.3, -0.25) is 4.40 Å². The molecule has 0 aliphatic heterocycles. The summed E-state index contributed by atoms with van der Waals surface area (Å²) in [6.45, 7) is 0. The summed E-state index contributed by atoms with van der Waals surface area (Å²) >= 11 is 3.37. The average Bonchev–Trinajstić information content (AvgIpc) is 2.87. The van der Waals surface area contributed by atoms with E-state index in [2.05, 4.69) is 25.9 Å². The summed E-state index contributed by atoms with van der Waals surface area (Å²) in [6, 6.07) is 7.83. The molecular formula is C14H13BrN4O. The van der Waals surface area contributed by atoms with E-state index in [4.69, 9.17) is 4.74 Å². The van der Waals surface area contributed by atoms with Gasteiger partial charge < -0.3 is 9.64 Å². The molecule has 3 aromatic rings. The average molecular weight is 333 g/mol. The predicted molar refractivity (Wildman–Crippen MR) is 81.5 cm³/mol. The second kappa shape index (κ2) is 5.13. The Morgan fingerprint density at radius 2 is 2.15 bits per heavy atom. The molecule has 102 valence electrons. The van der Waals surface area contributed by atoms with Crippen LogP contribution in [0.25, 0.3) is 5.65 Å². The fraction of sp³-hybridized carbons (Fsp3) is 0.143. The van der Waals surface area contributed by atoms with Gasteiger partial charge in [0.25, 0.3) is 5.88 Å². The maximum Gasteiger partial charge on any atom is 0.264 e. The number of fused-ring (bicyclic) bond motifs is 1. The van der Waals surface area contributed by atoms with E-state index in [0.717, 1.165) is 11.4 Å². The number of halogens is 1. The van der Waals surface area contributed by atoms with Crippen molar-refractivity contribution in [1.29, 1.82) is 0 Å². The summed E-state index contributed by atoms with van der Waals surface area (Å²) in [4.78, 5) is 10.6. The van der Waals surface area contributed by atoms with Gasteiger partial charge in [-0.15, -0.1) is 0 Å². The lowest BCUT2D eigenvalue weighted by Gasteiger charge is -2.13. The Morgan fingerprint density at radius 3 is 2.95 bits per heavy atom. The topological polar surface area (TPSA) is 42.7 Å². The smallest absolute Gasteiger partial charge is 0.264 e. The molecule has 5 nitrogen and oxygen atoms in total. The minimum Gasteiger partial charge on any atom is -0.436 e. The van der Waals surface area contributed by atoms with Crippen molar-refractivity contribution in [1.82, 2.24) is 14.4 Å². The summed E-state index contributed by atoms with van der Waals surface area (Å²) in [5, 5.41) is 0. The van der Waals surface area contributed by atoms with Crippen LogP contribution in [0.5, 0.6) is 11.6 Å². The standard InChI is InChI=1S/C14H13BrN4O/c1-18(2)10-4-3-5-11(8-10)20-14-13-16-6-7-19(13)9-12(15)17-14/h3-9H,1-2H3. The van der Waals surface area contributed by atoms with Crippen LogP contribution < -0.4 is 9.64 Å². The molecule has 2 heterocycles. The first-order chi connectivity index (χ1) is 9.63. The largest absolute Gasteiger partial charge is 0.436 e. The van der Waals surface area contributed by atoms with Gasteiger partial charge in [-0.25, -0.2) is 9.97 Å². The molecule has 3 rings (SSSR count). The fourth-order valence-corrected chi connectivity index (χ4v) is 2.26. The van der Waals surface area contributed by atoms with Gasteiger partial charge in [-0.2, -0.15) is 0 Å². The molecule has 2 aromatic heterocycles. The fourth-order valence-electron chi connectivity index (χ4n) is 1.88. The summed E-state index contributed by atoms with van der Waals surface area (Å²) in [5.74, 6) is 1.20. The molecule has 0 bridgehead atoms. The third kappa shape index (κ3) is 2.46. The Labute approximate surface area is 125 Å². The van der Waals surface area contributed by atoms with Gasteiger partial charge in [0.15, 0.2) is 0 Å². The number of imidazole rings is 1. The monoisotopic (exact) mass is 332 g/mol. The van der Waals surface area contributed by atoms with Crippen molar-refractivity contribution >= 4 is 27.3 Å². The van der Waals surface area contributed by atoms with Crippen molar-refractivity contribution in [3.05, 3.63) is 47.5 Å². The molecule has 0 radical (unpaired) electrons. The first-order valence-corrected chi connectivity index (χ1v) is 6.87. The normalized spacial score (nSPS) is 10.8. The second-order valence-electron chi connectivity index (χ2n) is 4.52. The van der Waals surface area contributed by atoms with Gasteiger partial charge in [0, 0.05) is 44.4 Å². The van der Waals surface area contributed by atoms with Gasteiger partial charge >= 0.3 is 0 Å². The van der Waals surface area contributed by atoms with E-state index in [1.54, 1.807) is 6.20 Å². The van der Waals surface area contributed by atoms with Crippen LogP contribution in [-0.2, 0) is 0 Å². The number of rotatable bonds is 3. The van der Waals surface area contributed by atoms with E-state index >= 15 is 0 Å². The molecule has 0 atom stereocenters. The molecule has 0 aliphatic carbocycles. The van der Waals surface area contributed by atoms with E-state index in [1.165, 1.54) is 0 Å². The zero-order valence-corrected chi connectivity index (χ0v) is 12.7. The lowest BCUT2D eigenvalue weighted by molar-refractivity contribution is 0.464. The van der Waals surface area contributed by atoms with Crippen LogP contribution in [0.1, 0.15) is 0 Å². The summed E-state index contributed by atoms with van der Waals surface area (Å²) in [5.41, 5.74) is 1.75. The number of nitrogens with zero attached hydrogens (tertiary/aromatic N) is 4. The number of aromatic nitrogens is 3. The third-order valence-corrected chi connectivity index (χ3v) is 3.24. The molecule has 20 heavy (non-hydrogen) atoms. The van der Waals surface area contributed by atoms with Crippen LogP contribution >= 0.6 is 15.9 Å². The van der Waals surface area contributed by atoms with Crippen LogP contribution in [-0.4, -0.2) is 28.5 Å². The number of anilines is 1. The highest BCUT2D eigenvalue weighted by molar-refractivity contribution is 9.10. The highest BCUT2D eigenvalue weighted by atomic mass is 79.9. The Kier molecular flexibility index (Phi) is 3.31. The zero-order chi connectivity index (χ0) is 14.1.